The number of fused-ring (bicyclic) bond motifs is 3. The Kier molecular flexibility index (Phi) is 6.30. The van der Waals surface area contributed by atoms with E-state index in [0.29, 0.717) is 23.8 Å². The van der Waals surface area contributed by atoms with Crippen molar-refractivity contribution in [2.45, 2.75) is 75.0 Å². The maximum atomic E-state index is 13.6. The van der Waals surface area contributed by atoms with Gasteiger partial charge >= 0.3 is 0 Å². The van der Waals surface area contributed by atoms with Crippen LogP contribution in [-0.4, -0.2) is 26.8 Å². The van der Waals surface area contributed by atoms with Crippen LogP contribution in [0.2, 0.25) is 0 Å². The highest BCUT2D eigenvalue weighted by molar-refractivity contribution is 7.99. The van der Waals surface area contributed by atoms with E-state index in [4.69, 9.17) is 9.40 Å². The molecular weight excluding hydrogens is 456 g/mol. The minimum atomic E-state index is -0.770. The second kappa shape index (κ2) is 9.35. The maximum Gasteiger partial charge on any atom is 0.263 e. The molecule has 5 rings (SSSR count). The van der Waals surface area contributed by atoms with Crippen LogP contribution < -0.4 is 10.9 Å². The largest absolute Gasteiger partial charge is 0.467 e. The first kappa shape index (κ1) is 22.2. The van der Waals surface area contributed by atoms with E-state index >= 15 is 0 Å². The van der Waals surface area contributed by atoms with Gasteiger partial charge in [0.2, 0.25) is 5.91 Å². The summed E-state index contributed by atoms with van der Waals surface area (Å²) < 4.78 is 7.12. The number of hydrogen-bond donors (Lipinski definition) is 1. The van der Waals surface area contributed by atoms with E-state index < -0.39 is 5.54 Å². The van der Waals surface area contributed by atoms with Crippen LogP contribution >= 0.6 is 23.1 Å². The van der Waals surface area contributed by atoms with Gasteiger partial charge in [-0.25, -0.2) is 4.98 Å². The van der Waals surface area contributed by atoms with Gasteiger partial charge in [-0.2, -0.15) is 5.26 Å². The number of thioether (sulfide) groups is 1. The van der Waals surface area contributed by atoms with Crippen molar-refractivity contribution < 1.29 is 9.21 Å². The van der Waals surface area contributed by atoms with Crippen molar-refractivity contribution in [1.29, 1.82) is 5.26 Å². The fourth-order valence-electron chi connectivity index (χ4n) is 4.88. The standard InChI is InChI=1S/C24H26N4O3S2/c25-15-24(10-4-1-5-11-24)27-19(29)14-32-23-26-21-20(17-8-2-3-9-18(17)33-21)22(30)28(23)13-16-7-6-12-31-16/h6-7,12H,1-5,8-11,13-14H2,(H,27,29). The molecule has 172 valence electrons. The number of nitriles is 1. The Morgan fingerprint density at radius 2 is 2.09 bits per heavy atom. The summed E-state index contributed by atoms with van der Waals surface area (Å²) in [5.41, 5.74) is 0.308. The van der Waals surface area contributed by atoms with Crippen LogP contribution in [0.4, 0.5) is 0 Å². The molecule has 0 atom stereocenters. The van der Waals surface area contributed by atoms with Crippen molar-refractivity contribution in [3.05, 3.63) is 45.0 Å². The van der Waals surface area contributed by atoms with Crippen molar-refractivity contribution in [3.63, 3.8) is 0 Å². The molecule has 9 heteroatoms. The fraction of sp³-hybridized carbons (Fsp3) is 0.500. The van der Waals surface area contributed by atoms with E-state index in [1.165, 1.54) is 16.6 Å². The van der Waals surface area contributed by atoms with Crippen LogP contribution in [0.3, 0.4) is 0 Å². The van der Waals surface area contributed by atoms with E-state index in [1.807, 2.05) is 6.07 Å². The Hall–Kier alpha value is -2.57. The zero-order valence-corrected chi connectivity index (χ0v) is 20.0. The number of aryl methyl sites for hydroxylation is 2. The van der Waals surface area contributed by atoms with E-state index in [-0.39, 0.29) is 23.8 Å². The van der Waals surface area contributed by atoms with Gasteiger partial charge in [0.1, 0.15) is 16.1 Å². The van der Waals surface area contributed by atoms with Crippen LogP contribution in [-0.2, 0) is 24.2 Å². The monoisotopic (exact) mass is 482 g/mol. The lowest BCUT2D eigenvalue weighted by Crippen LogP contribution is -2.49. The Balaban J connectivity index is 1.44. The molecule has 0 bridgehead atoms. The summed E-state index contributed by atoms with van der Waals surface area (Å²) in [5.74, 6) is 0.567. The van der Waals surface area contributed by atoms with Crippen LogP contribution in [0.15, 0.2) is 32.8 Å². The number of thiophene rings is 1. The van der Waals surface area contributed by atoms with Gasteiger partial charge in [0.25, 0.3) is 5.56 Å². The van der Waals surface area contributed by atoms with Crippen LogP contribution in [0.1, 0.15) is 61.1 Å². The molecule has 1 fully saturated rings. The molecule has 0 unspecified atom stereocenters. The maximum absolute atomic E-state index is 13.6. The second-order valence-electron chi connectivity index (χ2n) is 8.85. The topological polar surface area (TPSA) is 101 Å². The summed E-state index contributed by atoms with van der Waals surface area (Å²) in [6.45, 7) is 0.269. The quantitative estimate of drug-likeness (QED) is 0.412. The number of carbonyl (C=O) groups excluding carboxylic acids is 1. The average Bonchev–Trinajstić information content (AvgIpc) is 3.48. The summed E-state index contributed by atoms with van der Waals surface area (Å²) in [6.07, 6.45) is 10.1. The second-order valence-corrected chi connectivity index (χ2v) is 10.9. The van der Waals surface area contributed by atoms with E-state index in [2.05, 4.69) is 11.4 Å². The van der Waals surface area contributed by atoms with Crippen molar-refractivity contribution in [2.75, 3.05) is 5.75 Å². The minimum absolute atomic E-state index is 0.0699. The molecule has 1 saturated carbocycles. The molecule has 3 aromatic rings. The van der Waals surface area contributed by atoms with Crippen molar-refractivity contribution >= 4 is 39.2 Å². The molecule has 7 nitrogen and oxygen atoms in total. The lowest BCUT2D eigenvalue weighted by molar-refractivity contribution is -0.120. The highest BCUT2D eigenvalue weighted by atomic mass is 32.2. The van der Waals surface area contributed by atoms with Crippen molar-refractivity contribution in [1.82, 2.24) is 14.9 Å². The van der Waals surface area contributed by atoms with Gasteiger partial charge in [-0.3, -0.25) is 14.2 Å². The van der Waals surface area contributed by atoms with Crippen molar-refractivity contribution in [3.8, 4) is 6.07 Å². The van der Waals surface area contributed by atoms with Gasteiger partial charge in [-0.05, 0) is 56.2 Å². The van der Waals surface area contributed by atoms with Gasteiger partial charge in [0, 0.05) is 4.88 Å². The molecule has 1 N–H and O–H groups in total. The molecule has 2 aliphatic carbocycles. The number of furan rings is 1. The average molecular weight is 483 g/mol. The first-order valence-electron chi connectivity index (χ1n) is 11.5. The summed E-state index contributed by atoms with van der Waals surface area (Å²) in [7, 11) is 0. The van der Waals surface area contributed by atoms with Gasteiger partial charge in [-0.1, -0.05) is 31.0 Å². The third-order valence-corrected chi connectivity index (χ3v) is 8.73. The zero-order chi connectivity index (χ0) is 22.8. The molecule has 0 spiro atoms. The number of carbonyl (C=O) groups is 1. The number of aromatic nitrogens is 2. The number of nitrogens with one attached hydrogen (secondary N) is 1. The van der Waals surface area contributed by atoms with Crippen molar-refractivity contribution in [2.24, 2.45) is 0 Å². The Bertz CT molecular complexity index is 1260. The zero-order valence-electron chi connectivity index (χ0n) is 18.4. The smallest absolute Gasteiger partial charge is 0.263 e. The molecule has 0 radical (unpaired) electrons. The number of rotatable bonds is 6. The van der Waals surface area contributed by atoms with E-state index in [9.17, 15) is 14.9 Å². The van der Waals surface area contributed by atoms with Crippen LogP contribution in [0.5, 0.6) is 0 Å². The molecule has 3 heterocycles. The molecule has 2 aliphatic rings. The third kappa shape index (κ3) is 4.46. The third-order valence-electron chi connectivity index (χ3n) is 6.57. The SMILES string of the molecule is N#CC1(NC(=O)CSc2nc3sc4c(c3c(=O)n2Cc2ccco2)CCCC4)CCCCC1. The predicted octanol–water partition coefficient (Wildman–Crippen LogP) is 4.41. The first-order chi connectivity index (χ1) is 16.1. The van der Waals surface area contributed by atoms with Crippen LogP contribution in [0, 0.1) is 11.3 Å². The minimum Gasteiger partial charge on any atom is -0.467 e. The molecule has 33 heavy (non-hydrogen) atoms. The highest BCUT2D eigenvalue weighted by Gasteiger charge is 2.33. The molecular formula is C24H26N4O3S2. The Labute approximate surface area is 200 Å². The Morgan fingerprint density at radius 3 is 2.85 bits per heavy atom. The summed E-state index contributed by atoms with van der Waals surface area (Å²) in [5, 5.41) is 13.8. The van der Waals surface area contributed by atoms with Gasteiger partial charge in [0.15, 0.2) is 5.16 Å². The first-order valence-corrected chi connectivity index (χ1v) is 13.3. The van der Waals surface area contributed by atoms with E-state index in [1.54, 1.807) is 28.2 Å². The van der Waals surface area contributed by atoms with Gasteiger partial charge in [0.05, 0.1) is 30.0 Å². The van der Waals surface area contributed by atoms with Crippen LogP contribution in [0.25, 0.3) is 10.2 Å². The number of hydrogen-bond acceptors (Lipinski definition) is 7. The molecule has 0 aliphatic heterocycles. The normalized spacial score (nSPS) is 17.4. The summed E-state index contributed by atoms with van der Waals surface area (Å²) in [6, 6.07) is 5.96. The van der Waals surface area contributed by atoms with Gasteiger partial charge < -0.3 is 9.73 Å². The lowest BCUT2D eigenvalue weighted by atomic mass is 9.83. The van der Waals surface area contributed by atoms with Gasteiger partial charge in [-0.15, -0.1) is 11.3 Å². The van der Waals surface area contributed by atoms with E-state index in [0.717, 1.165) is 60.7 Å². The number of nitrogens with zero attached hydrogens (tertiary/aromatic N) is 3. The lowest BCUT2D eigenvalue weighted by Gasteiger charge is -2.31. The fourth-order valence-corrected chi connectivity index (χ4v) is 6.98. The predicted molar refractivity (Wildman–Crippen MR) is 129 cm³/mol. The molecule has 1 amide bonds. The molecule has 0 saturated heterocycles. The molecule has 3 aromatic heterocycles. The summed E-state index contributed by atoms with van der Waals surface area (Å²) >= 11 is 2.85. The summed E-state index contributed by atoms with van der Waals surface area (Å²) in [4.78, 5) is 33.2. The molecule has 0 aromatic carbocycles. The highest BCUT2D eigenvalue weighted by Crippen LogP contribution is 2.35. The number of amides is 1. The Morgan fingerprint density at radius 1 is 1.27 bits per heavy atom.